The van der Waals surface area contributed by atoms with E-state index in [0.29, 0.717) is 35.1 Å². The minimum absolute atomic E-state index is 0.0351. The van der Waals surface area contributed by atoms with Gasteiger partial charge in [0.1, 0.15) is 5.75 Å². The van der Waals surface area contributed by atoms with E-state index in [4.69, 9.17) is 16.3 Å². The van der Waals surface area contributed by atoms with Crippen molar-refractivity contribution in [2.45, 2.75) is 33.0 Å². The summed E-state index contributed by atoms with van der Waals surface area (Å²) in [5, 5.41) is 18.9. The van der Waals surface area contributed by atoms with Crippen LogP contribution in [0.1, 0.15) is 24.6 Å². The average Bonchev–Trinajstić information content (AvgIpc) is 3.02. The van der Waals surface area contributed by atoms with Gasteiger partial charge in [-0.05, 0) is 43.2 Å². The molecule has 7 heteroatoms. The van der Waals surface area contributed by atoms with Gasteiger partial charge in [0.15, 0.2) is 0 Å². The van der Waals surface area contributed by atoms with Gasteiger partial charge in [-0.2, -0.15) is 10.2 Å². The highest BCUT2D eigenvalue weighted by Crippen LogP contribution is 2.33. The van der Waals surface area contributed by atoms with Crippen molar-refractivity contribution in [3.05, 3.63) is 40.5 Å². The van der Waals surface area contributed by atoms with E-state index < -0.39 is 0 Å². The van der Waals surface area contributed by atoms with E-state index in [1.165, 1.54) is 6.07 Å². The molecule has 1 aliphatic rings. The number of phenols is 1. The Bertz CT molecular complexity index is 757. The Labute approximate surface area is 151 Å². The summed E-state index contributed by atoms with van der Waals surface area (Å²) >= 11 is 5.93. The highest BCUT2D eigenvalue weighted by atomic mass is 35.5. The van der Waals surface area contributed by atoms with Gasteiger partial charge in [-0.3, -0.25) is 4.79 Å². The maximum Gasteiger partial charge on any atom is 0.219 e. The number of benzene rings is 1. The number of phenolic OH excluding ortho intramolecular Hbond substituents is 1. The lowest BCUT2D eigenvalue weighted by atomic mass is 10.0. The lowest BCUT2D eigenvalue weighted by Gasteiger charge is -2.14. The maximum absolute atomic E-state index is 11.3. The lowest BCUT2D eigenvalue weighted by Crippen LogP contribution is -2.27. The maximum atomic E-state index is 11.3. The Morgan fingerprint density at radius 1 is 1.40 bits per heavy atom. The van der Waals surface area contributed by atoms with Crippen molar-refractivity contribution in [1.82, 2.24) is 15.1 Å². The van der Waals surface area contributed by atoms with Crippen LogP contribution in [0.3, 0.4) is 0 Å². The van der Waals surface area contributed by atoms with E-state index in [0.717, 1.165) is 18.5 Å². The smallest absolute Gasteiger partial charge is 0.219 e. The molecule has 1 N–H and O–H groups in total. The molecule has 0 bridgehead atoms. The zero-order chi connectivity index (χ0) is 18.0. The van der Waals surface area contributed by atoms with E-state index in [-0.39, 0.29) is 17.8 Å². The van der Waals surface area contributed by atoms with E-state index in [1.54, 1.807) is 24.0 Å². The quantitative estimate of drug-likeness (QED) is 0.906. The molecular formula is C18H20ClN3O3. The number of aryl methyl sites for hydroxylation is 1. The number of aromatic nitrogens is 2. The minimum Gasteiger partial charge on any atom is -0.507 e. The first-order valence-electron chi connectivity index (χ1n) is 8.13. The molecule has 2 heterocycles. The third kappa shape index (κ3) is 4.08. The molecule has 1 aromatic carbocycles. The SMILES string of the molecule is CC(=O)N1CCC(OCc2ccc(-c3c(C)cc(Cl)cc3O)nn2)C1. The molecule has 1 amide bonds. The summed E-state index contributed by atoms with van der Waals surface area (Å²) in [7, 11) is 0. The first kappa shape index (κ1) is 17.6. The van der Waals surface area contributed by atoms with Crippen LogP contribution in [-0.2, 0) is 16.1 Å². The van der Waals surface area contributed by atoms with E-state index >= 15 is 0 Å². The normalized spacial score (nSPS) is 17.1. The fourth-order valence-corrected chi connectivity index (χ4v) is 3.25. The number of carbonyl (C=O) groups excluding carboxylic acids is 1. The Hall–Kier alpha value is -2.18. The molecule has 1 saturated heterocycles. The average molecular weight is 362 g/mol. The number of amides is 1. The molecule has 1 fully saturated rings. The van der Waals surface area contributed by atoms with Crippen molar-refractivity contribution in [1.29, 1.82) is 0 Å². The van der Waals surface area contributed by atoms with Gasteiger partial charge in [-0.1, -0.05) is 11.6 Å². The Morgan fingerprint density at radius 2 is 2.20 bits per heavy atom. The Kier molecular flexibility index (Phi) is 5.20. The predicted octanol–water partition coefficient (Wildman–Crippen LogP) is 2.95. The van der Waals surface area contributed by atoms with Gasteiger partial charge in [0.05, 0.1) is 24.1 Å². The van der Waals surface area contributed by atoms with Gasteiger partial charge in [-0.15, -0.1) is 0 Å². The molecule has 2 aromatic rings. The van der Waals surface area contributed by atoms with Crippen LogP contribution in [0.4, 0.5) is 0 Å². The van der Waals surface area contributed by atoms with Crippen LogP contribution in [0, 0.1) is 6.92 Å². The number of aromatic hydroxyl groups is 1. The zero-order valence-corrected chi connectivity index (χ0v) is 15.0. The number of halogens is 1. The third-order valence-electron chi connectivity index (χ3n) is 4.31. The predicted molar refractivity (Wildman–Crippen MR) is 94.3 cm³/mol. The van der Waals surface area contributed by atoms with Gasteiger partial charge in [0.25, 0.3) is 0 Å². The van der Waals surface area contributed by atoms with Crippen molar-refractivity contribution in [2.75, 3.05) is 13.1 Å². The van der Waals surface area contributed by atoms with Crippen LogP contribution in [0.5, 0.6) is 5.75 Å². The largest absolute Gasteiger partial charge is 0.507 e. The lowest BCUT2D eigenvalue weighted by molar-refractivity contribution is -0.128. The van der Waals surface area contributed by atoms with Crippen LogP contribution in [-0.4, -0.2) is 45.3 Å². The van der Waals surface area contributed by atoms with E-state index in [1.807, 2.05) is 13.0 Å². The molecule has 0 spiro atoms. The van der Waals surface area contributed by atoms with Gasteiger partial charge in [-0.25, -0.2) is 0 Å². The highest BCUT2D eigenvalue weighted by molar-refractivity contribution is 6.31. The van der Waals surface area contributed by atoms with Crippen molar-refractivity contribution >= 4 is 17.5 Å². The molecule has 25 heavy (non-hydrogen) atoms. The summed E-state index contributed by atoms with van der Waals surface area (Å²) in [5.41, 5.74) is 2.74. The summed E-state index contributed by atoms with van der Waals surface area (Å²) < 4.78 is 5.81. The third-order valence-corrected chi connectivity index (χ3v) is 4.53. The summed E-state index contributed by atoms with van der Waals surface area (Å²) in [6, 6.07) is 6.89. The molecule has 1 atom stereocenters. The fourth-order valence-electron chi connectivity index (χ4n) is 2.98. The van der Waals surface area contributed by atoms with Crippen molar-refractivity contribution < 1.29 is 14.6 Å². The van der Waals surface area contributed by atoms with Crippen LogP contribution in [0.15, 0.2) is 24.3 Å². The van der Waals surface area contributed by atoms with E-state index in [9.17, 15) is 9.90 Å². The van der Waals surface area contributed by atoms with Gasteiger partial charge < -0.3 is 14.7 Å². The van der Waals surface area contributed by atoms with Gasteiger partial charge in [0, 0.05) is 30.6 Å². The molecule has 1 unspecified atom stereocenters. The number of likely N-dealkylation sites (tertiary alicyclic amines) is 1. The van der Waals surface area contributed by atoms with Crippen molar-refractivity contribution in [3.8, 4) is 17.0 Å². The van der Waals surface area contributed by atoms with Crippen LogP contribution < -0.4 is 0 Å². The summed E-state index contributed by atoms with van der Waals surface area (Å²) in [6.07, 6.45) is 0.871. The number of ether oxygens (including phenoxy) is 1. The first-order valence-corrected chi connectivity index (χ1v) is 8.51. The molecule has 0 saturated carbocycles. The molecule has 0 radical (unpaired) electrons. The summed E-state index contributed by atoms with van der Waals surface area (Å²) in [6.45, 7) is 5.13. The molecule has 1 aliphatic heterocycles. The number of rotatable bonds is 4. The molecule has 3 rings (SSSR count). The topological polar surface area (TPSA) is 75.6 Å². The summed E-state index contributed by atoms with van der Waals surface area (Å²) in [4.78, 5) is 13.1. The van der Waals surface area contributed by atoms with Crippen LogP contribution in [0.25, 0.3) is 11.3 Å². The second-order valence-electron chi connectivity index (χ2n) is 6.21. The van der Waals surface area contributed by atoms with Gasteiger partial charge >= 0.3 is 0 Å². The van der Waals surface area contributed by atoms with Crippen molar-refractivity contribution in [3.63, 3.8) is 0 Å². The Balaban J connectivity index is 1.64. The monoisotopic (exact) mass is 361 g/mol. The number of hydrogen-bond donors (Lipinski definition) is 1. The number of nitrogens with zero attached hydrogens (tertiary/aromatic N) is 3. The number of hydrogen-bond acceptors (Lipinski definition) is 5. The first-order chi connectivity index (χ1) is 11.9. The highest BCUT2D eigenvalue weighted by Gasteiger charge is 2.24. The number of carbonyl (C=O) groups is 1. The van der Waals surface area contributed by atoms with Gasteiger partial charge in [0.2, 0.25) is 5.91 Å². The Morgan fingerprint density at radius 3 is 2.80 bits per heavy atom. The van der Waals surface area contributed by atoms with Crippen molar-refractivity contribution in [2.24, 2.45) is 0 Å². The summed E-state index contributed by atoms with van der Waals surface area (Å²) in [5.74, 6) is 0.159. The standard InChI is InChI=1S/C18H20ClN3O3/c1-11-7-13(19)8-17(24)18(11)16-4-3-14(20-21-16)10-25-15-5-6-22(9-15)12(2)23/h3-4,7-8,15,24H,5-6,9-10H2,1-2H3. The molecule has 132 valence electrons. The zero-order valence-electron chi connectivity index (χ0n) is 14.2. The fraction of sp³-hybridized carbons (Fsp3) is 0.389. The molecule has 0 aliphatic carbocycles. The second kappa shape index (κ2) is 7.37. The molecule has 1 aromatic heterocycles. The molecular weight excluding hydrogens is 342 g/mol. The van der Waals surface area contributed by atoms with Crippen LogP contribution >= 0.6 is 11.6 Å². The minimum atomic E-state index is 0.0351. The van der Waals surface area contributed by atoms with Crippen LogP contribution in [0.2, 0.25) is 5.02 Å². The molecule has 6 nitrogen and oxygen atoms in total. The van der Waals surface area contributed by atoms with E-state index in [2.05, 4.69) is 10.2 Å². The second-order valence-corrected chi connectivity index (χ2v) is 6.65.